The van der Waals surface area contributed by atoms with E-state index in [2.05, 4.69) is 17.2 Å². The minimum Gasteiger partial charge on any atom is -0.323 e. The molecule has 0 aliphatic heterocycles. The van der Waals surface area contributed by atoms with Gasteiger partial charge in [0.15, 0.2) is 5.16 Å². The van der Waals surface area contributed by atoms with Gasteiger partial charge in [0.25, 0.3) is 5.56 Å². The summed E-state index contributed by atoms with van der Waals surface area (Å²) in [6.45, 7) is 3.77. The van der Waals surface area contributed by atoms with Crippen LogP contribution in [0, 0.1) is 5.82 Å². The molecule has 0 radical (unpaired) electrons. The van der Waals surface area contributed by atoms with Gasteiger partial charge in [-0.25, -0.2) is 9.37 Å². The molecule has 3 aromatic carbocycles. The van der Waals surface area contributed by atoms with Gasteiger partial charge >= 0.3 is 0 Å². The van der Waals surface area contributed by atoms with Crippen LogP contribution in [-0.4, -0.2) is 20.7 Å². The molecule has 0 aliphatic rings. The number of aryl methyl sites for hydroxylation is 1. The third kappa shape index (κ3) is 4.43. The van der Waals surface area contributed by atoms with E-state index in [0.717, 1.165) is 23.7 Å². The summed E-state index contributed by atoms with van der Waals surface area (Å²) in [6, 6.07) is 20.8. The Kier molecular flexibility index (Phi) is 6.37. The Balaban J connectivity index is 1.72. The minimum atomic E-state index is -0.621. The summed E-state index contributed by atoms with van der Waals surface area (Å²) in [5.74, 6) is -0.884. The van der Waals surface area contributed by atoms with Crippen molar-refractivity contribution in [3.8, 4) is 5.69 Å². The van der Waals surface area contributed by atoms with E-state index in [1.165, 1.54) is 16.7 Å². The number of amides is 1. The maximum absolute atomic E-state index is 13.9. The molecule has 0 spiro atoms. The fourth-order valence-electron chi connectivity index (χ4n) is 3.31. The number of thioether (sulfide) groups is 1. The van der Waals surface area contributed by atoms with Crippen LogP contribution in [-0.2, 0) is 11.2 Å². The van der Waals surface area contributed by atoms with Gasteiger partial charge in [-0.1, -0.05) is 55.1 Å². The topological polar surface area (TPSA) is 64.0 Å². The Morgan fingerprint density at radius 3 is 2.47 bits per heavy atom. The summed E-state index contributed by atoms with van der Waals surface area (Å²) in [5, 5.41) is 2.88. The number of carbonyl (C=O) groups excluding carboxylic acids is 1. The lowest BCUT2D eigenvalue weighted by atomic mass is 10.1. The van der Waals surface area contributed by atoms with E-state index >= 15 is 0 Å². The van der Waals surface area contributed by atoms with Gasteiger partial charge < -0.3 is 5.32 Å². The lowest BCUT2D eigenvalue weighted by Gasteiger charge is -2.17. The highest BCUT2D eigenvalue weighted by Crippen LogP contribution is 2.26. The lowest BCUT2D eigenvalue weighted by molar-refractivity contribution is -0.115. The molecule has 1 heterocycles. The number of halogens is 1. The molecule has 4 rings (SSSR count). The van der Waals surface area contributed by atoms with E-state index < -0.39 is 11.1 Å². The van der Waals surface area contributed by atoms with Crippen LogP contribution >= 0.6 is 11.8 Å². The molecule has 162 valence electrons. The predicted octanol–water partition coefficient (Wildman–Crippen LogP) is 5.21. The Labute approximate surface area is 189 Å². The van der Waals surface area contributed by atoms with E-state index in [-0.39, 0.29) is 17.2 Å². The predicted molar refractivity (Wildman–Crippen MR) is 127 cm³/mol. The van der Waals surface area contributed by atoms with Gasteiger partial charge in [-0.05, 0) is 55.3 Å². The highest BCUT2D eigenvalue weighted by atomic mass is 32.2. The minimum absolute atomic E-state index is 0.115. The van der Waals surface area contributed by atoms with Crippen molar-refractivity contribution in [2.24, 2.45) is 0 Å². The molecule has 1 aromatic heterocycles. The number of nitrogens with zero attached hydrogens (tertiary/aromatic N) is 2. The van der Waals surface area contributed by atoms with E-state index in [1.54, 1.807) is 37.3 Å². The molecule has 1 atom stereocenters. The number of fused-ring (bicyclic) bond motifs is 1. The fraction of sp³-hybridized carbons (Fsp3) is 0.160. The first-order valence-electron chi connectivity index (χ1n) is 10.3. The first-order chi connectivity index (χ1) is 15.5. The number of hydrogen-bond donors (Lipinski definition) is 1. The average molecular weight is 448 g/mol. The monoisotopic (exact) mass is 447 g/mol. The molecular weight excluding hydrogens is 425 g/mol. The van der Waals surface area contributed by atoms with Crippen LogP contribution < -0.4 is 10.9 Å². The number of para-hydroxylation sites is 2. The molecule has 1 unspecified atom stereocenters. The van der Waals surface area contributed by atoms with Crippen LogP contribution in [0.15, 0.2) is 82.7 Å². The number of benzene rings is 3. The van der Waals surface area contributed by atoms with Gasteiger partial charge in [0, 0.05) is 0 Å². The summed E-state index contributed by atoms with van der Waals surface area (Å²) < 4.78 is 15.5. The maximum atomic E-state index is 13.9. The van der Waals surface area contributed by atoms with Crippen LogP contribution in [0.2, 0.25) is 0 Å². The van der Waals surface area contributed by atoms with Gasteiger partial charge in [-0.2, -0.15) is 0 Å². The summed E-state index contributed by atoms with van der Waals surface area (Å²) in [6.07, 6.45) is 0.889. The largest absolute Gasteiger partial charge is 0.323 e. The summed E-state index contributed by atoms with van der Waals surface area (Å²) in [7, 11) is 0. The van der Waals surface area contributed by atoms with Crippen molar-refractivity contribution in [1.82, 2.24) is 9.55 Å². The third-order valence-electron chi connectivity index (χ3n) is 5.13. The third-order valence-corrected chi connectivity index (χ3v) is 6.18. The summed E-state index contributed by atoms with van der Waals surface area (Å²) >= 11 is 1.15. The molecule has 1 N–H and O–H groups in total. The average Bonchev–Trinajstić information content (AvgIpc) is 2.81. The van der Waals surface area contributed by atoms with Crippen LogP contribution in [0.3, 0.4) is 0 Å². The second-order valence-corrected chi connectivity index (χ2v) is 8.61. The molecule has 0 bridgehead atoms. The highest BCUT2D eigenvalue weighted by Gasteiger charge is 2.21. The van der Waals surface area contributed by atoms with Crippen LogP contribution in [0.1, 0.15) is 19.4 Å². The molecule has 32 heavy (non-hydrogen) atoms. The molecule has 5 nitrogen and oxygen atoms in total. The molecule has 0 saturated carbocycles. The van der Waals surface area contributed by atoms with Gasteiger partial charge in [0.1, 0.15) is 5.82 Å². The van der Waals surface area contributed by atoms with Crippen molar-refractivity contribution in [1.29, 1.82) is 0 Å². The SMILES string of the molecule is CCc1ccc(-n2c(SC(C)C(=O)Nc3ccccc3F)nc3ccccc3c2=O)cc1. The van der Waals surface area contributed by atoms with Crippen molar-refractivity contribution < 1.29 is 9.18 Å². The zero-order valence-corrected chi connectivity index (χ0v) is 18.5. The zero-order valence-electron chi connectivity index (χ0n) is 17.7. The van der Waals surface area contributed by atoms with Gasteiger partial charge in [-0.15, -0.1) is 0 Å². The van der Waals surface area contributed by atoms with Gasteiger partial charge in [-0.3, -0.25) is 14.2 Å². The second kappa shape index (κ2) is 9.36. The van der Waals surface area contributed by atoms with Crippen LogP contribution in [0.4, 0.5) is 10.1 Å². The number of rotatable bonds is 6. The number of anilines is 1. The van der Waals surface area contributed by atoms with Crippen molar-refractivity contribution >= 4 is 34.3 Å². The molecule has 4 aromatic rings. The van der Waals surface area contributed by atoms with Crippen LogP contribution in [0.25, 0.3) is 16.6 Å². The van der Waals surface area contributed by atoms with Gasteiger partial charge in [0.05, 0.1) is 27.5 Å². The summed E-state index contributed by atoms with van der Waals surface area (Å²) in [5.41, 5.74) is 2.30. The zero-order chi connectivity index (χ0) is 22.7. The Hall–Kier alpha value is -3.45. The van der Waals surface area contributed by atoms with Crippen molar-refractivity contribution in [2.45, 2.75) is 30.7 Å². The molecule has 0 aliphatic carbocycles. The normalized spacial score (nSPS) is 12.0. The molecule has 0 fully saturated rings. The summed E-state index contributed by atoms with van der Waals surface area (Å²) in [4.78, 5) is 30.8. The van der Waals surface area contributed by atoms with E-state index in [4.69, 9.17) is 0 Å². The van der Waals surface area contributed by atoms with E-state index in [9.17, 15) is 14.0 Å². The Bertz CT molecular complexity index is 1340. The number of carbonyl (C=O) groups is 1. The van der Waals surface area contributed by atoms with Crippen molar-refractivity contribution in [3.63, 3.8) is 0 Å². The molecule has 7 heteroatoms. The van der Waals surface area contributed by atoms with Crippen molar-refractivity contribution in [2.75, 3.05) is 5.32 Å². The molecular formula is C25H22FN3O2S. The number of hydrogen-bond acceptors (Lipinski definition) is 4. The fourth-order valence-corrected chi connectivity index (χ4v) is 4.24. The highest BCUT2D eigenvalue weighted by molar-refractivity contribution is 8.00. The second-order valence-electron chi connectivity index (χ2n) is 7.30. The van der Waals surface area contributed by atoms with Crippen LogP contribution in [0.5, 0.6) is 0 Å². The number of nitrogens with one attached hydrogen (secondary N) is 1. The van der Waals surface area contributed by atoms with E-state index in [1.807, 2.05) is 30.3 Å². The Morgan fingerprint density at radius 1 is 1.06 bits per heavy atom. The number of aromatic nitrogens is 2. The quantitative estimate of drug-likeness (QED) is 0.326. The Morgan fingerprint density at radius 2 is 1.75 bits per heavy atom. The first-order valence-corrected chi connectivity index (χ1v) is 11.2. The standard InChI is InChI=1S/C25H22FN3O2S/c1-3-17-12-14-18(15-13-17)29-24(31)19-8-4-6-10-21(19)28-25(29)32-16(2)23(30)27-22-11-7-5-9-20(22)26/h4-16H,3H2,1-2H3,(H,27,30). The molecule has 0 saturated heterocycles. The van der Waals surface area contributed by atoms with E-state index in [0.29, 0.717) is 21.7 Å². The molecule has 1 amide bonds. The van der Waals surface area contributed by atoms with Crippen molar-refractivity contribution in [3.05, 3.63) is 94.5 Å². The van der Waals surface area contributed by atoms with Gasteiger partial charge in [0.2, 0.25) is 5.91 Å². The maximum Gasteiger partial charge on any atom is 0.266 e. The lowest BCUT2D eigenvalue weighted by Crippen LogP contribution is -2.26. The first kappa shape index (κ1) is 21.8. The smallest absolute Gasteiger partial charge is 0.266 e.